The maximum Gasteiger partial charge on any atom is 0.266 e. The first kappa shape index (κ1) is 23.2. The Bertz CT molecular complexity index is 1210. The third-order valence-electron chi connectivity index (χ3n) is 4.84. The van der Waals surface area contributed by atoms with Crippen LogP contribution in [0.3, 0.4) is 0 Å². The second-order valence-corrected chi connectivity index (χ2v) is 8.34. The Hall–Kier alpha value is -3.43. The topological polar surface area (TPSA) is 62.1 Å². The maximum atomic E-state index is 13.1. The number of nitrogens with one attached hydrogen (secondary N) is 1. The van der Waals surface area contributed by atoms with Crippen molar-refractivity contribution in [1.82, 2.24) is 0 Å². The minimum Gasteiger partial charge on any atom is -0.496 e. The van der Waals surface area contributed by atoms with E-state index in [1.165, 1.54) is 47.0 Å². The molecule has 6 heteroatoms. The Morgan fingerprint density at radius 2 is 1.78 bits per heavy atom. The highest BCUT2D eigenvalue weighted by molar-refractivity contribution is 9.10. The van der Waals surface area contributed by atoms with Crippen molar-refractivity contribution in [3.8, 4) is 11.8 Å². The van der Waals surface area contributed by atoms with Gasteiger partial charge in [0.15, 0.2) is 0 Å². The first-order chi connectivity index (χ1) is 15.3. The highest BCUT2D eigenvalue weighted by atomic mass is 79.9. The van der Waals surface area contributed by atoms with Gasteiger partial charge in [-0.15, -0.1) is 0 Å². The number of nitriles is 1. The van der Waals surface area contributed by atoms with Crippen LogP contribution < -0.4 is 10.1 Å². The summed E-state index contributed by atoms with van der Waals surface area (Å²) in [6.07, 6.45) is 2.17. The largest absolute Gasteiger partial charge is 0.496 e. The van der Waals surface area contributed by atoms with Gasteiger partial charge in [-0.3, -0.25) is 4.79 Å². The normalized spacial score (nSPS) is 11.1. The minimum atomic E-state index is -0.575. The lowest BCUT2D eigenvalue weighted by atomic mass is 9.98. The number of anilines is 1. The third kappa shape index (κ3) is 5.83. The van der Waals surface area contributed by atoms with Crippen LogP contribution in [0.25, 0.3) is 6.08 Å². The molecule has 0 aromatic heterocycles. The molecule has 0 spiro atoms. The van der Waals surface area contributed by atoms with Gasteiger partial charge in [0.2, 0.25) is 0 Å². The summed E-state index contributed by atoms with van der Waals surface area (Å²) in [4.78, 5) is 12.5. The lowest BCUT2D eigenvalue weighted by molar-refractivity contribution is -0.112. The summed E-state index contributed by atoms with van der Waals surface area (Å²) in [5, 5.41) is 12.1. The molecule has 0 unspecified atom stereocenters. The zero-order chi connectivity index (χ0) is 23.3. The summed E-state index contributed by atoms with van der Waals surface area (Å²) in [7, 11) is 1.59. The average Bonchev–Trinajstić information content (AvgIpc) is 2.74. The fourth-order valence-electron chi connectivity index (χ4n) is 3.49. The van der Waals surface area contributed by atoms with Crippen LogP contribution >= 0.6 is 15.9 Å². The number of halogens is 2. The van der Waals surface area contributed by atoms with Crippen molar-refractivity contribution < 1.29 is 13.9 Å². The zero-order valence-electron chi connectivity index (χ0n) is 18.0. The van der Waals surface area contributed by atoms with Crippen molar-refractivity contribution in [1.29, 1.82) is 5.26 Å². The van der Waals surface area contributed by atoms with Crippen LogP contribution in [0, 0.1) is 31.0 Å². The van der Waals surface area contributed by atoms with Gasteiger partial charge in [-0.1, -0.05) is 45.3 Å². The number of methoxy groups -OCH3 is 1. The van der Waals surface area contributed by atoms with Crippen molar-refractivity contribution >= 4 is 33.6 Å². The highest BCUT2D eigenvalue weighted by Crippen LogP contribution is 2.32. The molecule has 162 valence electrons. The van der Waals surface area contributed by atoms with Crippen LogP contribution in [0.5, 0.6) is 5.75 Å². The van der Waals surface area contributed by atoms with E-state index >= 15 is 0 Å². The van der Waals surface area contributed by atoms with Gasteiger partial charge >= 0.3 is 0 Å². The van der Waals surface area contributed by atoms with E-state index in [4.69, 9.17) is 4.74 Å². The lowest BCUT2D eigenvalue weighted by Crippen LogP contribution is -2.13. The molecule has 0 radical (unpaired) electrons. The average molecular weight is 493 g/mol. The second kappa shape index (κ2) is 10.3. The molecule has 1 N–H and O–H groups in total. The van der Waals surface area contributed by atoms with Gasteiger partial charge in [-0.25, -0.2) is 4.39 Å². The van der Waals surface area contributed by atoms with Crippen LogP contribution in [0.15, 0.2) is 64.6 Å². The Morgan fingerprint density at radius 1 is 1.12 bits per heavy atom. The molecule has 0 aliphatic heterocycles. The number of benzene rings is 3. The predicted molar refractivity (Wildman–Crippen MR) is 128 cm³/mol. The molecule has 4 nitrogen and oxygen atoms in total. The number of rotatable bonds is 6. The van der Waals surface area contributed by atoms with Crippen LogP contribution in [0.1, 0.15) is 27.8 Å². The van der Waals surface area contributed by atoms with E-state index < -0.39 is 11.7 Å². The van der Waals surface area contributed by atoms with Gasteiger partial charge in [-0.2, -0.15) is 5.26 Å². The molecule has 0 saturated carbocycles. The van der Waals surface area contributed by atoms with Crippen LogP contribution in [0.2, 0.25) is 0 Å². The van der Waals surface area contributed by atoms with Crippen LogP contribution in [0.4, 0.5) is 10.1 Å². The van der Waals surface area contributed by atoms with Gasteiger partial charge in [0.25, 0.3) is 5.91 Å². The van der Waals surface area contributed by atoms with E-state index in [0.29, 0.717) is 23.4 Å². The summed E-state index contributed by atoms with van der Waals surface area (Å²) in [5.74, 6) is -0.327. The quantitative estimate of drug-likeness (QED) is 0.322. The minimum absolute atomic E-state index is 0.0784. The molecular weight excluding hydrogens is 471 g/mol. The predicted octanol–water partition coefficient (Wildman–Crippen LogP) is 6.35. The number of ether oxygens (including phenoxy) is 1. The van der Waals surface area contributed by atoms with Gasteiger partial charge in [0, 0.05) is 22.1 Å². The molecule has 32 heavy (non-hydrogen) atoms. The Balaban J connectivity index is 1.89. The number of hydrogen-bond donors (Lipinski definition) is 1. The van der Waals surface area contributed by atoms with Gasteiger partial charge < -0.3 is 10.1 Å². The van der Waals surface area contributed by atoms with Crippen LogP contribution in [-0.2, 0) is 11.2 Å². The molecule has 0 saturated heterocycles. The standard InChI is InChI=1S/C26H22BrFN2O2/c1-16-8-17(2)10-18(9-16)12-23-24(27)13-19(14-25(23)32-3)11-20(15-29)26(31)30-22-6-4-21(28)5-7-22/h4-11,13-14H,12H2,1-3H3,(H,30,31)/b20-11+. The summed E-state index contributed by atoms with van der Waals surface area (Å²) < 4.78 is 19.5. The maximum absolute atomic E-state index is 13.1. The summed E-state index contributed by atoms with van der Waals surface area (Å²) in [6, 6.07) is 17.3. The smallest absolute Gasteiger partial charge is 0.266 e. The van der Waals surface area contributed by atoms with Crippen molar-refractivity contribution in [3.63, 3.8) is 0 Å². The fourth-order valence-corrected chi connectivity index (χ4v) is 4.09. The molecule has 3 rings (SSSR count). The molecule has 3 aromatic carbocycles. The molecular formula is C26H22BrFN2O2. The number of carbonyl (C=O) groups is 1. The number of aryl methyl sites for hydroxylation is 2. The third-order valence-corrected chi connectivity index (χ3v) is 5.54. The SMILES string of the molecule is COc1cc(/C=C(\C#N)C(=O)Nc2ccc(F)cc2)cc(Br)c1Cc1cc(C)cc(C)c1. The summed E-state index contributed by atoms with van der Waals surface area (Å²) in [6.45, 7) is 4.13. The first-order valence-corrected chi connectivity index (χ1v) is 10.7. The van der Waals surface area contributed by atoms with Crippen molar-refractivity contribution in [2.75, 3.05) is 12.4 Å². The fraction of sp³-hybridized carbons (Fsp3) is 0.154. The number of carbonyl (C=O) groups excluding carboxylic acids is 1. The molecule has 1 amide bonds. The second-order valence-electron chi connectivity index (χ2n) is 7.49. The van der Waals surface area contributed by atoms with Gasteiger partial charge in [0.05, 0.1) is 7.11 Å². The van der Waals surface area contributed by atoms with E-state index in [-0.39, 0.29) is 5.57 Å². The number of hydrogen-bond acceptors (Lipinski definition) is 3. The Labute approximate surface area is 195 Å². The molecule has 0 fully saturated rings. The highest BCUT2D eigenvalue weighted by Gasteiger charge is 2.14. The summed E-state index contributed by atoms with van der Waals surface area (Å²) >= 11 is 3.61. The van der Waals surface area contributed by atoms with Gasteiger partial charge in [0.1, 0.15) is 23.2 Å². The Morgan fingerprint density at radius 3 is 2.38 bits per heavy atom. The van der Waals surface area contributed by atoms with Crippen molar-refractivity contribution in [2.24, 2.45) is 0 Å². The van der Waals surface area contributed by atoms with E-state index in [9.17, 15) is 14.4 Å². The van der Waals surface area contributed by atoms with E-state index in [0.717, 1.165) is 10.0 Å². The van der Waals surface area contributed by atoms with E-state index in [1.54, 1.807) is 13.2 Å². The van der Waals surface area contributed by atoms with Crippen molar-refractivity contribution in [3.05, 3.63) is 98.3 Å². The Kier molecular flexibility index (Phi) is 7.45. The zero-order valence-corrected chi connectivity index (χ0v) is 19.6. The lowest BCUT2D eigenvalue weighted by Gasteiger charge is -2.13. The number of amides is 1. The first-order valence-electron chi connectivity index (χ1n) is 9.91. The molecule has 0 aliphatic carbocycles. The number of nitrogens with zero attached hydrogens (tertiary/aromatic N) is 1. The van der Waals surface area contributed by atoms with E-state index in [1.807, 2.05) is 12.1 Å². The molecule has 0 aliphatic rings. The van der Waals surface area contributed by atoms with E-state index in [2.05, 4.69) is 53.3 Å². The molecule has 0 atom stereocenters. The molecule has 0 bridgehead atoms. The van der Waals surface area contributed by atoms with Crippen molar-refractivity contribution in [2.45, 2.75) is 20.3 Å². The monoisotopic (exact) mass is 492 g/mol. The van der Waals surface area contributed by atoms with Crippen LogP contribution in [-0.4, -0.2) is 13.0 Å². The summed E-state index contributed by atoms with van der Waals surface area (Å²) in [5.41, 5.74) is 5.50. The molecule has 0 heterocycles. The van der Waals surface area contributed by atoms with Gasteiger partial charge in [-0.05, 0) is 67.4 Å². The molecule has 3 aromatic rings.